The van der Waals surface area contributed by atoms with E-state index in [1.54, 1.807) is 12.1 Å². The van der Waals surface area contributed by atoms with Gasteiger partial charge in [-0.15, -0.1) is 0 Å². The average Bonchev–Trinajstić information content (AvgIpc) is 3.11. The fourth-order valence-electron chi connectivity index (χ4n) is 3.26. The van der Waals surface area contributed by atoms with Gasteiger partial charge in [-0.05, 0) is 62.2 Å². The molecule has 1 aromatic rings. The lowest BCUT2D eigenvalue weighted by atomic mass is 9.95. The third-order valence-corrected chi connectivity index (χ3v) is 5.00. The number of nitrogens with one attached hydrogen (secondary N) is 1. The van der Waals surface area contributed by atoms with Gasteiger partial charge >= 0.3 is 0 Å². The third kappa shape index (κ3) is 3.99. The number of hydrogen-bond acceptors (Lipinski definition) is 2. The maximum Gasteiger partial charge on any atom is 0.225 e. The van der Waals surface area contributed by atoms with E-state index in [0.717, 1.165) is 57.5 Å². The lowest BCUT2D eigenvalue weighted by Gasteiger charge is -2.34. The maximum absolute atomic E-state index is 12.9. The number of likely N-dealkylation sites (tertiary alicyclic amines) is 2. The van der Waals surface area contributed by atoms with Gasteiger partial charge in [-0.25, -0.2) is 4.39 Å². The van der Waals surface area contributed by atoms with Gasteiger partial charge in [0.15, 0.2) is 5.11 Å². The van der Waals surface area contributed by atoms with E-state index in [1.165, 1.54) is 12.1 Å². The van der Waals surface area contributed by atoms with Crippen molar-refractivity contribution in [1.29, 1.82) is 0 Å². The molecule has 0 aliphatic carbocycles. The molecule has 1 N–H and O–H groups in total. The zero-order valence-electron chi connectivity index (χ0n) is 13.1. The van der Waals surface area contributed by atoms with E-state index in [0.29, 0.717) is 11.0 Å². The molecule has 2 saturated heterocycles. The smallest absolute Gasteiger partial charge is 0.225 e. The first-order chi connectivity index (χ1) is 11.1. The molecule has 6 heteroatoms. The number of benzene rings is 1. The summed E-state index contributed by atoms with van der Waals surface area (Å²) in [6.45, 7) is 3.42. The summed E-state index contributed by atoms with van der Waals surface area (Å²) in [5.41, 5.74) is 0.784. The minimum atomic E-state index is -0.261. The van der Waals surface area contributed by atoms with Gasteiger partial charge in [-0.3, -0.25) is 4.79 Å². The van der Waals surface area contributed by atoms with Gasteiger partial charge in [-0.1, -0.05) is 0 Å². The van der Waals surface area contributed by atoms with Crippen LogP contribution in [0.15, 0.2) is 24.3 Å². The van der Waals surface area contributed by atoms with Crippen LogP contribution in [-0.4, -0.2) is 47.0 Å². The highest BCUT2D eigenvalue weighted by atomic mass is 32.1. The van der Waals surface area contributed by atoms with Crippen LogP contribution in [0, 0.1) is 11.7 Å². The van der Waals surface area contributed by atoms with Crippen molar-refractivity contribution in [2.75, 3.05) is 31.5 Å². The number of thiocarbonyl (C=S) groups is 1. The van der Waals surface area contributed by atoms with E-state index in [1.807, 2.05) is 4.90 Å². The van der Waals surface area contributed by atoms with Crippen molar-refractivity contribution in [3.05, 3.63) is 30.1 Å². The summed E-state index contributed by atoms with van der Waals surface area (Å²) in [6.07, 6.45) is 3.97. The van der Waals surface area contributed by atoms with Crippen LogP contribution in [0.1, 0.15) is 25.7 Å². The fraction of sp³-hybridized carbons (Fsp3) is 0.529. The molecule has 124 valence electrons. The Morgan fingerprint density at radius 2 is 1.65 bits per heavy atom. The van der Waals surface area contributed by atoms with Gasteiger partial charge in [0.1, 0.15) is 5.82 Å². The van der Waals surface area contributed by atoms with Crippen LogP contribution in [0.25, 0.3) is 0 Å². The molecule has 0 atom stereocenters. The summed E-state index contributed by atoms with van der Waals surface area (Å²) in [5.74, 6) is 0.195. The van der Waals surface area contributed by atoms with Crippen molar-refractivity contribution in [3.63, 3.8) is 0 Å². The van der Waals surface area contributed by atoms with Crippen LogP contribution < -0.4 is 5.32 Å². The molecule has 1 aromatic carbocycles. The Labute approximate surface area is 141 Å². The first-order valence-corrected chi connectivity index (χ1v) is 8.64. The molecule has 0 saturated carbocycles. The number of anilines is 1. The van der Waals surface area contributed by atoms with E-state index in [4.69, 9.17) is 12.2 Å². The summed E-state index contributed by atoms with van der Waals surface area (Å²) < 4.78 is 12.9. The van der Waals surface area contributed by atoms with E-state index in [2.05, 4.69) is 10.2 Å². The normalized spacial score (nSPS) is 19.0. The molecule has 2 aliphatic heterocycles. The summed E-state index contributed by atoms with van der Waals surface area (Å²) in [4.78, 5) is 16.5. The summed E-state index contributed by atoms with van der Waals surface area (Å²) in [5, 5.41) is 3.78. The predicted molar refractivity (Wildman–Crippen MR) is 92.7 cm³/mol. The Bertz CT molecular complexity index is 564. The SMILES string of the molecule is O=C(C1CCN(C(=S)Nc2ccc(F)cc2)CC1)N1CCCC1. The Balaban J connectivity index is 1.49. The number of hydrogen-bond donors (Lipinski definition) is 1. The second-order valence-corrected chi connectivity index (χ2v) is 6.62. The highest BCUT2D eigenvalue weighted by molar-refractivity contribution is 7.80. The molecule has 23 heavy (non-hydrogen) atoms. The molecule has 1 amide bonds. The van der Waals surface area contributed by atoms with Crippen LogP contribution >= 0.6 is 12.2 Å². The monoisotopic (exact) mass is 335 g/mol. The van der Waals surface area contributed by atoms with Gasteiger partial charge in [0, 0.05) is 37.8 Å². The van der Waals surface area contributed by atoms with Gasteiger partial charge < -0.3 is 15.1 Å². The minimum Gasteiger partial charge on any atom is -0.349 e. The van der Waals surface area contributed by atoms with E-state index in [9.17, 15) is 9.18 Å². The number of amides is 1. The fourth-order valence-corrected chi connectivity index (χ4v) is 3.56. The number of nitrogens with zero attached hydrogens (tertiary/aromatic N) is 2. The largest absolute Gasteiger partial charge is 0.349 e. The molecule has 0 bridgehead atoms. The lowest BCUT2D eigenvalue weighted by molar-refractivity contribution is -0.135. The van der Waals surface area contributed by atoms with Crippen molar-refractivity contribution >= 4 is 28.9 Å². The quantitative estimate of drug-likeness (QED) is 0.843. The van der Waals surface area contributed by atoms with Crippen molar-refractivity contribution in [1.82, 2.24) is 9.80 Å². The molecular weight excluding hydrogens is 313 g/mol. The molecule has 0 unspecified atom stereocenters. The topological polar surface area (TPSA) is 35.6 Å². The minimum absolute atomic E-state index is 0.137. The molecule has 2 fully saturated rings. The van der Waals surface area contributed by atoms with Crippen LogP contribution in [0.2, 0.25) is 0 Å². The van der Waals surface area contributed by atoms with E-state index >= 15 is 0 Å². The van der Waals surface area contributed by atoms with Crippen molar-refractivity contribution in [2.24, 2.45) is 5.92 Å². The zero-order chi connectivity index (χ0) is 16.2. The van der Waals surface area contributed by atoms with Crippen LogP contribution in [0.3, 0.4) is 0 Å². The number of carbonyl (C=O) groups excluding carboxylic acids is 1. The molecule has 2 heterocycles. The number of piperidine rings is 1. The average molecular weight is 335 g/mol. The summed E-state index contributed by atoms with van der Waals surface area (Å²) in [7, 11) is 0. The zero-order valence-corrected chi connectivity index (χ0v) is 13.9. The Hall–Kier alpha value is -1.69. The standard InChI is InChI=1S/C17H22FN3OS/c18-14-3-5-15(6-4-14)19-17(23)21-11-7-13(8-12-21)16(22)20-9-1-2-10-20/h3-6,13H,1-2,7-12H2,(H,19,23). The Morgan fingerprint density at radius 1 is 1.04 bits per heavy atom. The Morgan fingerprint density at radius 3 is 2.26 bits per heavy atom. The van der Waals surface area contributed by atoms with Crippen LogP contribution in [0.4, 0.5) is 10.1 Å². The summed E-state index contributed by atoms with van der Waals surface area (Å²) >= 11 is 5.43. The molecule has 3 rings (SSSR count). The van der Waals surface area contributed by atoms with Crippen molar-refractivity contribution in [3.8, 4) is 0 Å². The van der Waals surface area contributed by atoms with E-state index in [-0.39, 0.29) is 11.7 Å². The first-order valence-electron chi connectivity index (χ1n) is 8.24. The second kappa shape index (κ2) is 7.25. The van der Waals surface area contributed by atoms with Gasteiger partial charge in [0.2, 0.25) is 5.91 Å². The van der Waals surface area contributed by atoms with Gasteiger partial charge in [0.25, 0.3) is 0 Å². The maximum atomic E-state index is 12.9. The van der Waals surface area contributed by atoms with Crippen LogP contribution in [0.5, 0.6) is 0 Å². The molecule has 2 aliphatic rings. The third-order valence-electron chi connectivity index (χ3n) is 4.64. The van der Waals surface area contributed by atoms with Gasteiger partial charge in [-0.2, -0.15) is 0 Å². The molecular formula is C17H22FN3OS. The highest BCUT2D eigenvalue weighted by Crippen LogP contribution is 2.22. The molecule has 0 aromatic heterocycles. The molecule has 0 spiro atoms. The number of carbonyl (C=O) groups is 1. The predicted octanol–water partition coefficient (Wildman–Crippen LogP) is 2.86. The van der Waals surface area contributed by atoms with E-state index < -0.39 is 0 Å². The van der Waals surface area contributed by atoms with Crippen molar-refractivity contribution < 1.29 is 9.18 Å². The Kier molecular flexibility index (Phi) is 5.10. The first kappa shape index (κ1) is 16.2. The molecule has 4 nitrogen and oxygen atoms in total. The second-order valence-electron chi connectivity index (χ2n) is 6.23. The summed E-state index contributed by atoms with van der Waals surface area (Å²) in [6, 6.07) is 6.16. The number of rotatable bonds is 2. The van der Waals surface area contributed by atoms with Crippen LogP contribution in [-0.2, 0) is 4.79 Å². The molecule has 0 radical (unpaired) electrons. The lowest BCUT2D eigenvalue weighted by Crippen LogP contribution is -2.45. The highest BCUT2D eigenvalue weighted by Gasteiger charge is 2.30. The van der Waals surface area contributed by atoms with Gasteiger partial charge in [0.05, 0.1) is 0 Å². The number of halogens is 1. The van der Waals surface area contributed by atoms with Crippen molar-refractivity contribution in [2.45, 2.75) is 25.7 Å².